The van der Waals surface area contributed by atoms with E-state index in [-0.39, 0.29) is 12.3 Å². The lowest BCUT2D eigenvalue weighted by molar-refractivity contribution is 0.0147. The van der Waals surface area contributed by atoms with Crippen molar-refractivity contribution in [3.8, 4) is 0 Å². The minimum Gasteiger partial charge on any atom is -0.477 e. The van der Waals surface area contributed by atoms with Gasteiger partial charge in [-0.2, -0.15) is 0 Å². The average molecular weight is 281 g/mol. The minimum absolute atomic E-state index is 0.0120. The maximum atomic E-state index is 13.7. The summed E-state index contributed by atoms with van der Waals surface area (Å²) >= 11 is 5.36. The summed E-state index contributed by atoms with van der Waals surface area (Å²) in [4.78, 5) is 10.7. The van der Waals surface area contributed by atoms with Gasteiger partial charge in [0.05, 0.1) is 6.10 Å². The van der Waals surface area contributed by atoms with Crippen molar-refractivity contribution in [3.05, 3.63) is 34.9 Å². The molecule has 7 heteroatoms. The molecule has 3 N–H and O–H groups in total. The van der Waals surface area contributed by atoms with E-state index in [1.165, 1.54) is 0 Å². The number of aromatic carboxylic acids is 1. The van der Waals surface area contributed by atoms with Gasteiger partial charge >= 0.3 is 5.97 Å². The lowest BCUT2D eigenvalue weighted by Gasteiger charge is -2.18. The minimum atomic E-state index is -1.79. The summed E-state index contributed by atoms with van der Waals surface area (Å²) < 4.78 is 26.8. The second-order valence-corrected chi connectivity index (χ2v) is 4.00. The number of hydrogen-bond donors (Lipinski definition) is 3. The monoisotopic (exact) mass is 280 g/mol. The molecule has 0 aliphatic carbocycles. The first-order valence-electron chi connectivity index (χ1n) is 5.03. The number of aliphatic hydroxyl groups excluding tert-OH is 2. The first-order valence-corrected chi connectivity index (χ1v) is 5.56. The van der Waals surface area contributed by atoms with Crippen LogP contribution in [0.3, 0.4) is 0 Å². The zero-order valence-electron chi connectivity index (χ0n) is 9.11. The molecule has 0 heterocycles. The van der Waals surface area contributed by atoms with Crippen LogP contribution >= 0.6 is 11.6 Å². The topological polar surface area (TPSA) is 77.8 Å². The second kappa shape index (κ2) is 6.08. The highest BCUT2D eigenvalue weighted by molar-refractivity contribution is 6.17. The molecule has 1 rings (SSSR count). The fourth-order valence-corrected chi connectivity index (χ4v) is 1.69. The molecule has 4 nitrogen and oxygen atoms in total. The van der Waals surface area contributed by atoms with Crippen LogP contribution in [0.5, 0.6) is 0 Å². The molecule has 0 amide bonds. The van der Waals surface area contributed by atoms with Crippen LogP contribution in [0.1, 0.15) is 28.4 Å². The zero-order valence-corrected chi connectivity index (χ0v) is 9.86. The molecular weight excluding hydrogens is 270 g/mol. The normalized spacial score (nSPS) is 14.3. The number of carboxylic acid groups (broad SMARTS) is 1. The molecule has 100 valence electrons. The van der Waals surface area contributed by atoms with E-state index in [4.69, 9.17) is 16.7 Å². The van der Waals surface area contributed by atoms with Gasteiger partial charge in [-0.05, 0) is 12.5 Å². The Bertz CT molecular complexity index is 453. The molecule has 18 heavy (non-hydrogen) atoms. The molecule has 0 spiro atoms. The van der Waals surface area contributed by atoms with E-state index in [0.29, 0.717) is 0 Å². The van der Waals surface area contributed by atoms with Crippen LogP contribution in [0.4, 0.5) is 8.78 Å². The summed E-state index contributed by atoms with van der Waals surface area (Å²) in [6.07, 6.45) is -3.03. The number of carbonyl (C=O) groups is 1. The largest absolute Gasteiger partial charge is 0.477 e. The third-order valence-corrected chi connectivity index (χ3v) is 2.64. The standard InChI is InChI=1S/C11H11ClF2O4/c12-4-3-7(15)10(16)5-1-2-6(13)8(9(5)14)11(17)18/h1-2,7,10,15-16H,3-4H2,(H,17,18). The number of hydrogen-bond acceptors (Lipinski definition) is 3. The van der Waals surface area contributed by atoms with Gasteiger partial charge in [0, 0.05) is 11.4 Å². The van der Waals surface area contributed by atoms with Gasteiger partial charge in [0.1, 0.15) is 23.3 Å². The number of halogens is 3. The molecule has 0 aliphatic rings. The molecule has 0 radical (unpaired) electrons. The first-order chi connectivity index (χ1) is 8.40. The molecule has 0 saturated heterocycles. The van der Waals surface area contributed by atoms with E-state index in [2.05, 4.69) is 0 Å². The van der Waals surface area contributed by atoms with Crippen molar-refractivity contribution in [3.63, 3.8) is 0 Å². The van der Waals surface area contributed by atoms with Crippen molar-refractivity contribution >= 4 is 17.6 Å². The fourth-order valence-electron chi connectivity index (χ4n) is 1.47. The van der Waals surface area contributed by atoms with Crippen molar-refractivity contribution in [1.82, 2.24) is 0 Å². The summed E-state index contributed by atoms with van der Waals surface area (Å²) in [6, 6.07) is 1.61. The third-order valence-electron chi connectivity index (χ3n) is 2.42. The SMILES string of the molecule is O=C(O)c1c(F)ccc(C(O)C(O)CCCl)c1F. The number of benzene rings is 1. The van der Waals surface area contributed by atoms with E-state index in [9.17, 15) is 23.8 Å². The predicted molar refractivity (Wildman–Crippen MR) is 59.6 cm³/mol. The van der Waals surface area contributed by atoms with Gasteiger partial charge in [-0.3, -0.25) is 0 Å². The Labute approximate surface area is 106 Å². The van der Waals surface area contributed by atoms with Crippen LogP contribution in [0, 0.1) is 11.6 Å². The van der Waals surface area contributed by atoms with Crippen LogP contribution in [0.2, 0.25) is 0 Å². The van der Waals surface area contributed by atoms with Crippen LogP contribution in [-0.2, 0) is 0 Å². The predicted octanol–water partition coefficient (Wildman–Crippen LogP) is 1.69. The Kier molecular flexibility index (Phi) is 5.01. The van der Waals surface area contributed by atoms with E-state index < -0.39 is 40.9 Å². The van der Waals surface area contributed by atoms with Gasteiger partial charge in [0.25, 0.3) is 0 Å². The molecule has 0 saturated carbocycles. The Hall–Kier alpha value is -1.24. The van der Waals surface area contributed by atoms with Gasteiger partial charge < -0.3 is 15.3 Å². The van der Waals surface area contributed by atoms with E-state index >= 15 is 0 Å². The van der Waals surface area contributed by atoms with Gasteiger partial charge in [-0.25, -0.2) is 13.6 Å². The quantitative estimate of drug-likeness (QED) is 0.717. The van der Waals surface area contributed by atoms with Crippen LogP contribution < -0.4 is 0 Å². The van der Waals surface area contributed by atoms with E-state index in [0.717, 1.165) is 12.1 Å². The summed E-state index contributed by atoms with van der Waals surface area (Å²) in [5, 5.41) is 27.7. The Morgan fingerprint density at radius 3 is 2.44 bits per heavy atom. The van der Waals surface area contributed by atoms with Gasteiger partial charge in [-0.15, -0.1) is 11.6 Å². The summed E-state index contributed by atoms with van der Waals surface area (Å²) in [6.45, 7) is 0. The third kappa shape index (κ3) is 2.95. The van der Waals surface area contributed by atoms with Crippen molar-refractivity contribution in [1.29, 1.82) is 0 Å². The number of carboxylic acids is 1. The molecule has 1 aromatic rings. The Balaban J connectivity index is 3.18. The number of rotatable bonds is 5. The summed E-state index contributed by atoms with van der Waals surface area (Å²) in [5.74, 6) is -4.40. The van der Waals surface area contributed by atoms with Crippen molar-refractivity contribution in [2.24, 2.45) is 0 Å². The summed E-state index contributed by atoms with van der Waals surface area (Å²) in [5.41, 5.74) is -1.64. The first kappa shape index (κ1) is 14.8. The van der Waals surface area contributed by atoms with Gasteiger partial charge in [0.15, 0.2) is 0 Å². The smallest absolute Gasteiger partial charge is 0.341 e. The highest BCUT2D eigenvalue weighted by atomic mass is 35.5. The molecule has 0 aromatic heterocycles. The molecule has 1 aromatic carbocycles. The number of alkyl halides is 1. The van der Waals surface area contributed by atoms with Crippen molar-refractivity contribution in [2.75, 3.05) is 5.88 Å². The average Bonchev–Trinajstić information content (AvgIpc) is 2.28. The maximum absolute atomic E-state index is 13.7. The van der Waals surface area contributed by atoms with Crippen molar-refractivity contribution < 1.29 is 28.9 Å². The fraction of sp³-hybridized carbons (Fsp3) is 0.364. The van der Waals surface area contributed by atoms with E-state index in [1.54, 1.807) is 0 Å². The lowest BCUT2D eigenvalue weighted by atomic mass is 9.99. The van der Waals surface area contributed by atoms with Crippen LogP contribution in [0.15, 0.2) is 12.1 Å². The number of aliphatic hydroxyl groups is 2. The molecular formula is C11H11ClF2O4. The maximum Gasteiger partial charge on any atom is 0.341 e. The highest BCUT2D eigenvalue weighted by Crippen LogP contribution is 2.26. The van der Waals surface area contributed by atoms with E-state index in [1.807, 2.05) is 0 Å². The van der Waals surface area contributed by atoms with Crippen LogP contribution in [-0.4, -0.2) is 33.3 Å². The Morgan fingerprint density at radius 2 is 1.94 bits per heavy atom. The van der Waals surface area contributed by atoms with Crippen LogP contribution in [0.25, 0.3) is 0 Å². The molecule has 2 unspecified atom stereocenters. The van der Waals surface area contributed by atoms with Crippen molar-refractivity contribution in [2.45, 2.75) is 18.6 Å². The van der Waals surface area contributed by atoms with Gasteiger partial charge in [-0.1, -0.05) is 6.07 Å². The molecule has 0 aliphatic heterocycles. The molecule has 0 fully saturated rings. The molecule has 0 bridgehead atoms. The molecule has 2 atom stereocenters. The second-order valence-electron chi connectivity index (χ2n) is 3.62. The Morgan fingerprint density at radius 1 is 1.33 bits per heavy atom. The highest BCUT2D eigenvalue weighted by Gasteiger charge is 2.26. The zero-order chi connectivity index (χ0) is 13.9. The van der Waals surface area contributed by atoms with Gasteiger partial charge in [0.2, 0.25) is 0 Å². The summed E-state index contributed by atoms with van der Waals surface area (Å²) in [7, 11) is 0. The lowest BCUT2D eigenvalue weighted by Crippen LogP contribution is -2.21.